The molecule has 0 unspecified atom stereocenters. The molecule has 1 aliphatic rings. The zero-order valence-corrected chi connectivity index (χ0v) is 8.76. The van der Waals surface area contributed by atoms with Crippen molar-refractivity contribution in [1.82, 2.24) is 9.55 Å². The molecular weight excluding hydrogens is 213 g/mol. The maximum Gasteiger partial charge on any atom is 0.352 e. The molecule has 1 aromatic rings. The zero-order valence-electron chi connectivity index (χ0n) is 8.76. The smallest absolute Gasteiger partial charge is 0.352 e. The van der Waals surface area contributed by atoms with Gasteiger partial charge in [-0.25, -0.2) is 9.18 Å². The second kappa shape index (κ2) is 4.05. The van der Waals surface area contributed by atoms with Gasteiger partial charge in [-0.15, -0.1) is 0 Å². The van der Waals surface area contributed by atoms with Crippen LogP contribution in [0.25, 0.3) is 0 Å². The third kappa shape index (κ3) is 1.83. The quantitative estimate of drug-likeness (QED) is 0.757. The van der Waals surface area contributed by atoms with Crippen molar-refractivity contribution in [1.29, 1.82) is 0 Å². The number of anilines is 1. The zero-order chi connectivity index (χ0) is 11.7. The van der Waals surface area contributed by atoms with Gasteiger partial charge in [-0.2, -0.15) is 4.98 Å². The minimum Gasteiger partial charge on any atom is -0.381 e. The summed E-state index contributed by atoms with van der Waals surface area (Å²) in [5.74, 6) is -1.12. The summed E-state index contributed by atoms with van der Waals surface area (Å²) in [5.41, 5.74) is 4.56. The van der Waals surface area contributed by atoms with Gasteiger partial charge in [-0.1, -0.05) is 13.0 Å². The molecule has 1 aromatic heterocycles. The summed E-state index contributed by atoms with van der Waals surface area (Å²) in [6, 6.07) is 0. The highest BCUT2D eigenvalue weighted by atomic mass is 19.1. The Kier molecular flexibility index (Phi) is 2.74. The lowest BCUT2D eigenvalue weighted by atomic mass is 10.3. The number of nitrogens with zero attached hydrogens (tertiary/aromatic N) is 2. The molecule has 0 aliphatic carbocycles. The van der Waals surface area contributed by atoms with Crippen LogP contribution in [0.5, 0.6) is 0 Å². The summed E-state index contributed by atoms with van der Waals surface area (Å²) in [5, 5.41) is 0. The maximum atomic E-state index is 13.2. The van der Waals surface area contributed by atoms with Crippen LogP contribution in [0.2, 0.25) is 0 Å². The van der Waals surface area contributed by atoms with Crippen LogP contribution in [0, 0.1) is 5.82 Å². The Morgan fingerprint density at radius 1 is 1.62 bits per heavy atom. The SMILES string of the molecule is CC[C@H]1C=C[C@@H](n2cc(F)c(N)nc2=O)O1. The fraction of sp³-hybridized carbons (Fsp3) is 0.400. The Hall–Kier alpha value is -1.69. The minimum absolute atomic E-state index is 0.0440. The van der Waals surface area contributed by atoms with Crippen molar-refractivity contribution in [3.63, 3.8) is 0 Å². The van der Waals surface area contributed by atoms with E-state index in [1.54, 1.807) is 6.08 Å². The number of ether oxygens (including phenoxy) is 1. The van der Waals surface area contributed by atoms with Gasteiger partial charge in [-0.3, -0.25) is 4.57 Å². The second-order valence-electron chi connectivity index (χ2n) is 3.52. The van der Waals surface area contributed by atoms with Gasteiger partial charge in [0.05, 0.1) is 12.3 Å². The van der Waals surface area contributed by atoms with Crippen molar-refractivity contribution >= 4 is 5.82 Å². The molecule has 86 valence electrons. The molecule has 0 saturated carbocycles. The molecule has 1 aliphatic heterocycles. The summed E-state index contributed by atoms with van der Waals surface area (Å²) in [7, 11) is 0. The van der Waals surface area contributed by atoms with Crippen molar-refractivity contribution in [2.45, 2.75) is 25.7 Å². The molecular formula is C10H12FN3O2. The Bertz CT molecular complexity index is 483. The van der Waals surface area contributed by atoms with E-state index in [0.29, 0.717) is 0 Å². The monoisotopic (exact) mass is 225 g/mol. The van der Waals surface area contributed by atoms with E-state index in [1.807, 2.05) is 13.0 Å². The molecule has 2 N–H and O–H groups in total. The average molecular weight is 225 g/mol. The highest BCUT2D eigenvalue weighted by molar-refractivity contribution is 5.26. The number of nitrogen functional groups attached to an aromatic ring is 1. The first-order valence-corrected chi connectivity index (χ1v) is 4.99. The Balaban J connectivity index is 2.33. The first kappa shape index (κ1) is 10.8. The van der Waals surface area contributed by atoms with Crippen molar-refractivity contribution in [2.75, 3.05) is 5.73 Å². The van der Waals surface area contributed by atoms with Crippen LogP contribution in [0.15, 0.2) is 23.1 Å². The predicted molar refractivity (Wildman–Crippen MR) is 56.2 cm³/mol. The van der Waals surface area contributed by atoms with Crippen molar-refractivity contribution in [3.8, 4) is 0 Å². The van der Waals surface area contributed by atoms with Gasteiger partial charge in [0.15, 0.2) is 17.9 Å². The Labute approximate surface area is 91.4 Å². The Morgan fingerprint density at radius 3 is 3.00 bits per heavy atom. The summed E-state index contributed by atoms with van der Waals surface area (Å²) in [6.07, 6.45) is 4.71. The largest absolute Gasteiger partial charge is 0.381 e. The lowest BCUT2D eigenvalue weighted by molar-refractivity contribution is 0.0136. The molecule has 0 bridgehead atoms. The van der Waals surface area contributed by atoms with Gasteiger partial charge in [0.25, 0.3) is 0 Å². The summed E-state index contributed by atoms with van der Waals surface area (Å²) >= 11 is 0. The number of aromatic nitrogens is 2. The van der Waals surface area contributed by atoms with Gasteiger partial charge in [-0.05, 0) is 12.5 Å². The molecule has 16 heavy (non-hydrogen) atoms. The van der Waals surface area contributed by atoms with E-state index in [4.69, 9.17) is 10.5 Å². The van der Waals surface area contributed by atoms with Crippen LogP contribution in [0.4, 0.5) is 10.2 Å². The molecule has 0 aromatic carbocycles. The number of rotatable bonds is 2. The van der Waals surface area contributed by atoms with E-state index in [-0.39, 0.29) is 6.10 Å². The number of halogens is 1. The van der Waals surface area contributed by atoms with Gasteiger partial charge in [0, 0.05) is 0 Å². The number of hydrogen-bond acceptors (Lipinski definition) is 4. The second-order valence-corrected chi connectivity index (χ2v) is 3.52. The molecule has 0 spiro atoms. The molecule has 0 radical (unpaired) electrons. The van der Waals surface area contributed by atoms with Gasteiger partial charge in [0.2, 0.25) is 0 Å². The molecule has 0 saturated heterocycles. The maximum absolute atomic E-state index is 13.2. The third-order valence-electron chi connectivity index (χ3n) is 2.42. The molecule has 0 amide bonds. The highest BCUT2D eigenvalue weighted by Gasteiger charge is 2.21. The van der Waals surface area contributed by atoms with E-state index in [1.165, 1.54) is 0 Å². The standard InChI is InChI=1S/C10H12FN3O2/c1-2-6-3-4-8(16-6)14-5-7(11)9(12)13-10(14)15/h3-6,8H,2H2,1H3,(H2,12,13,15)/t6-,8-/m0/s1. The van der Waals surface area contributed by atoms with Crippen molar-refractivity contribution in [3.05, 3.63) is 34.7 Å². The van der Waals surface area contributed by atoms with Crippen LogP contribution in [-0.4, -0.2) is 15.7 Å². The summed E-state index contributed by atoms with van der Waals surface area (Å²) < 4.78 is 19.7. The van der Waals surface area contributed by atoms with Crippen molar-refractivity contribution in [2.24, 2.45) is 0 Å². The molecule has 6 heteroatoms. The molecule has 5 nitrogen and oxygen atoms in total. The van der Waals surface area contributed by atoms with Crippen molar-refractivity contribution < 1.29 is 9.13 Å². The lowest BCUT2D eigenvalue weighted by Crippen LogP contribution is -2.28. The van der Waals surface area contributed by atoms with Crippen LogP contribution in [0.3, 0.4) is 0 Å². The fourth-order valence-corrected chi connectivity index (χ4v) is 1.52. The van der Waals surface area contributed by atoms with E-state index in [9.17, 15) is 9.18 Å². The molecule has 2 rings (SSSR count). The normalized spacial score (nSPS) is 23.9. The minimum atomic E-state index is -0.725. The number of nitrogens with two attached hydrogens (primary N) is 1. The van der Waals surface area contributed by atoms with Crippen LogP contribution in [-0.2, 0) is 4.74 Å². The first-order chi connectivity index (χ1) is 7.61. The molecule has 0 fully saturated rings. The molecule has 2 atom stereocenters. The molecule has 2 heterocycles. The van der Waals surface area contributed by atoms with Gasteiger partial charge < -0.3 is 10.5 Å². The lowest BCUT2D eigenvalue weighted by Gasteiger charge is -2.15. The third-order valence-corrected chi connectivity index (χ3v) is 2.42. The van der Waals surface area contributed by atoms with E-state index >= 15 is 0 Å². The van der Waals surface area contributed by atoms with Crippen LogP contribution < -0.4 is 11.4 Å². The van der Waals surface area contributed by atoms with E-state index in [0.717, 1.165) is 17.2 Å². The topological polar surface area (TPSA) is 70.1 Å². The van der Waals surface area contributed by atoms with Gasteiger partial charge >= 0.3 is 5.69 Å². The Morgan fingerprint density at radius 2 is 2.38 bits per heavy atom. The first-order valence-electron chi connectivity index (χ1n) is 4.99. The highest BCUT2D eigenvalue weighted by Crippen LogP contribution is 2.21. The van der Waals surface area contributed by atoms with E-state index in [2.05, 4.69) is 4.98 Å². The van der Waals surface area contributed by atoms with Gasteiger partial charge in [0.1, 0.15) is 0 Å². The van der Waals surface area contributed by atoms with E-state index < -0.39 is 23.6 Å². The fourth-order valence-electron chi connectivity index (χ4n) is 1.52. The van der Waals surface area contributed by atoms with Crippen LogP contribution in [0.1, 0.15) is 19.6 Å². The average Bonchev–Trinajstić information content (AvgIpc) is 2.71. The van der Waals surface area contributed by atoms with Crippen LogP contribution >= 0.6 is 0 Å². The summed E-state index contributed by atoms with van der Waals surface area (Å²) in [6.45, 7) is 1.96. The number of hydrogen-bond donors (Lipinski definition) is 1. The summed E-state index contributed by atoms with van der Waals surface area (Å²) in [4.78, 5) is 14.8. The predicted octanol–water partition coefficient (Wildman–Crippen LogP) is 0.828.